The molecule has 41 heavy (non-hydrogen) atoms. The van der Waals surface area contributed by atoms with Gasteiger partial charge in [-0.25, -0.2) is 25.5 Å². The summed E-state index contributed by atoms with van der Waals surface area (Å²) < 4.78 is 85.8. The highest BCUT2D eigenvalue weighted by Crippen LogP contribution is 2.34. The standard InChI is InChI=1S/C28H34FN3O7S2/c1-30(14-13-21-9-11-26(38-3)27(19-21)39-4)40(33,34)22-10-12-25(37-2)24(20-22)31-15-17-32(18-16-31)41(35,36)28-8-6-5-7-23(28)29/h5-12,19-20H,13-18H2,1-4H3. The van der Waals surface area contributed by atoms with Crippen LogP contribution in [0.3, 0.4) is 0 Å². The van der Waals surface area contributed by atoms with Crippen LogP contribution in [-0.4, -0.2) is 86.5 Å². The summed E-state index contributed by atoms with van der Waals surface area (Å²) in [6.45, 7) is 0.960. The molecule has 1 aliphatic rings. The zero-order valence-corrected chi connectivity index (χ0v) is 25.0. The van der Waals surface area contributed by atoms with E-state index in [1.807, 2.05) is 17.0 Å². The number of anilines is 1. The monoisotopic (exact) mass is 607 g/mol. The summed E-state index contributed by atoms with van der Waals surface area (Å²) in [6, 6.07) is 15.4. The fraction of sp³-hybridized carbons (Fsp3) is 0.357. The van der Waals surface area contributed by atoms with Crippen molar-refractivity contribution in [3.05, 3.63) is 72.0 Å². The van der Waals surface area contributed by atoms with Gasteiger partial charge in [-0.1, -0.05) is 18.2 Å². The predicted molar refractivity (Wildman–Crippen MR) is 153 cm³/mol. The van der Waals surface area contributed by atoms with Gasteiger partial charge in [-0.15, -0.1) is 0 Å². The Morgan fingerprint density at radius 3 is 2.07 bits per heavy atom. The van der Waals surface area contributed by atoms with Crippen LogP contribution in [0.5, 0.6) is 17.2 Å². The van der Waals surface area contributed by atoms with Crippen LogP contribution >= 0.6 is 0 Å². The molecule has 222 valence electrons. The van der Waals surface area contributed by atoms with Crippen molar-refractivity contribution in [2.45, 2.75) is 16.2 Å². The molecule has 0 atom stereocenters. The molecule has 10 nitrogen and oxygen atoms in total. The lowest BCUT2D eigenvalue weighted by molar-refractivity contribution is 0.354. The van der Waals surface area contributed by atoms with Crippen LogP contribution in [-0.2, 0) is 26.5 Å². The first kappa shape index (κ1) is 30.6. The maximum atomic E-state index is 14.2. The molecule has 1 heterocycles. The third-order valence-corrected chi connectivity index (χ3v) is 10.8. The second-order valence-corrected chi connectivity index (χ2v) is 13.4. The number of methoxy groups -OCH3 is 3. The van der Waals surface area contributed by atoms with Crippen LogP contribution < -0.4 is 19.1 Å². The fourth-order valence-electron chi connectivity index (χ4n) is 4.66. The third-order valence-electron chi connectivity index (χ3n) is 7.06. The number of nitrogens with zero attached hydrogens (tertiary/aromatic N) is 3. The Labute approximate surface area is 240 Å². The van der Waals surface area contributed by atoms with Crippen molar-refractivity contribution in [2.24, 2.45) is 0 Å². The number of rotatable bonds is 11. The molecule has 0 saturated carbocycles. The van der Waals surface area contributed by atoms with E-state index in [-0.39, 0.29) is 42.5 Å². The van der Waals surface area contributed by atoms with Crippen molar-refractivity contribution in [3.8, 4) is 17.2 Å². The van der Waals surface area contributed by atoms with Crippen molar-refractivity contribution >= 4 is 25.7 Å². The number of hydrogen-bond donors (Lipinski definition) is 0. The van der Waals surface area contributed by atoms with Crippen LogP contribution in [0.25, 0.3) is 0 Å². The van der Waals surface area contributed by atoms with Gasteiger partial charge in [-0.3, -0.25) is 0 Å². The lowest BCUT2D eigenvalue weighted by atomic mass is 10.1. The average molecular weight is 608 g/mol. The first-order chi connectivity index (χ1) is 19.5. The summed E-state index contributed by atoms with van der Waals surface area (Å²) >= 11 is 0. The lowest BCUT2D eigenvalue weighted by Gasteiger charge is -2.36. The van der Waals surface area contributed by atoms with Gasteiger partial charge in [0.15, 0.2) is 11.5 Å². The van der Waals surface area contributed by atoms with Crippen LogP contribution in [0.2, 0.25) is 0 Å². The van der Waals surface area contributed by atoms with E-state index in [0.29, 0.717) is 29.4 Å². The predicted octanol–water partition coefficient (Wildman–Crippen LogP) is 3.23. The first-order valence-corrected chi connectivity index (χ1v) is 15.8. The lowest BCUT2D eigenvalue weighted by Crippen LogP contribution is -2.49. The molecular formula is C28H34FN3O7S2. The molecule has 4 rings (SSSR count). The minimum atomic E-state index is -4.01. The highest BCUT2D eigenvalue weighted by Gasteiger charge is 2.32. The Morgan fingerprint density at radius 1 is 0.805 bits per heavy atom. The smallest absolute Gasteiger partial charge is 0.246 e. The molecular weight excluding hydrogens is 573 g/mol. The maximum Gasteiger partial charge on any atom is 0.246 e. The van der Waals surface area contributed by atoms with Gasteiger partial charge in [0.05, 0.1) is 31.9 Å². The zero-order valence-electron chi connectivity index (χ0n) is 23.4. The topological polar surface area (TPSA) is 106 Å². The molecule has 1 aliphatic heterocycles. The summed E-state index contributed by atoms with van der Waals surface area (Å²) in [5, 5.41) is 0. The van der Waals surface area contributed by atoms with E-state index in [4.69, 9.17) is 14.2 Å². The van der Waals surface area contributed by atoms with Gasteiger partial charge >= 0.3 is 0 Å². The van der Waals surface area contributed by atoms with E-state index in [2.05, 4.69) is 0 Å². The van der Waals surface area contributed by atoms with Crippen LogP contribution in [0, 0.1) is 5.82 Å². The molecule has 3 aromatic rings. The number of piperazine rings is 1. The Morgan fingerprint density at radius 2 is 1.44 bits per heavy atom. The number of hydrogen-bond acceptors (Lipinski definition) is 8. The molecule has 13 heteroatoms. The van der Waals surface area contributed by atoms with Gasteiger partial charge in [0.2, 0.25) is 20.0 Å². The Balaban J connectivity index is 1.49. The van der Waals surface area contributed by atoms with Crippen molar-refractivity contribution in [1.82, 2.24) is 8.61 Å². The Hall–Kier alpha value is -3.39. The van der Waals surface area contributed by atoms with Crippen molar-refractivity contribution in [2.75, 3.05) is 66.0 Å². The zero-order chi connectivity index (χ0) is 29.8. The van der Waals surface area contributed by atoms with E-state index >= 15 is 0 Å². The third kappa shape index (κ3) is 6.43. The van der Waals surface area contributed by atoms with Crippen LogP contribution in [0.4, 0.5) is 10.1 Å². The SMILES string of the molecule is COc1ccc(CCN(C)S(=O)(=O)c2ccc(OC)c(N3CCN(S(=O)(=O)c4ccccc4F)CC3)c2)cc1OC. The van der Waals surface area contributed by atoms with E-state index in [0.717, 1.165) is 11.6 Å². The number of benzene rings is 3. The average Bonchev–Trinajstić information content (AvgIpc) is 2.99. The summed E-state index contributed by atoms with van der Waals surface area (Å²) in [6.07, 6.45) is 0.456. The second-order valence-electron chi connectivity index (χ2n) is 9.42. The molecule has 0 radical (unpaired) electrons. The fourth-order valence-corrected chi connectivity index (χ4v) is 7.34. The molecule has 0 aliphatic carbocycles. The van der Waals surface area contributed by atoms with E-state index < -0.39 is 25.9 Å². The molecule has 1 fully saturated rings. The highest BCUT2D eigenvalue weighted by molar-refractivity contribution is 7.89. The molecule has 1 saturated heterocycles. The summed E-state index contributed by atoms with van der Waals surface area (Å²) in [5.41, 5.74) is 1.42. The normalized spacial score (nSPS) is 14.7. The minimum Gasteiger partial charge on any atom is -0.495 e. The van der Waals surface area contributed by atoms with Gasteiger partial charge in [0.1, 0.15) is 16.5 Å². The van der Waals surface area contributed by atoms with Crippen LogP contribution in [0.1, 0.15) is 5.56 Å². The van der Waals surface area contributed by atoms with E-state index in [9.17, 15) is 21.2 Å². The highest BCUT2D eigenvalue weighted by atomic mass is 32.2. The summed E-state index contributed by atoms with van der Waals surface area (Å²) in [4.78, 5) is 1.59. The van der Waals surface area contributed by atoms with Gasteiger partial charge in [-0.05, 0) is 54.4 Å². The van der Waals surface area contributed by atoms with Crippen molar-refractivity contribution in [1.29, 1.82) is 0 Å². The summed E-state index contributed by atoms with van der Waals surface area (Å²) in [7, 11) is -1.76. The number of halogens is 1. The van der Waals surface area contributed by atoms with Gasteiger partial charge in [0.25, 0.3) is 0 Å². The Bertz CT molecular complexity index is 1590. The number of sulfonamides is 2. The quantitative estimate of drug-likeness (QED) is 0.327. The number of likely N-dealkylation sites (N-methyl/N-ethyl adjacent to an activating group) is 1. The van der Waals surface area contributed by atoms with Gasteiger partial charge in [0, 0.05) is 39.8 Å². The van der Waals surface area contributed by atoms with E-state index in [1.165, 1.54) is 47.0 Å². The van der Waals surface area contributed by atoms with Gasteiger partial charge in [-0.2, -0.15) is 4.31 Å². The molecule has 0 bridgehead atoms. The molecule has 0 amide bonds. The molecule has 0 spiro atoms. The molecule has 0 N–H and O–H groups in total. The second kappa shape index (κ2) is 12.6. The maximum absolute atomic E-state index is 14.2. The largest absolute Gasteiger partial charge is 0.495 e. The van der Waals surface area contributed by atoms with Crippen molar-refractivity contribution < 1.29 is 35.4 Å². The number of ether oxygens (including phenoxy) is 3. The molecule has 0 unspecified atom stereocenters. The molecule has 3 aromatic carbocycles. The van der Waals surface area contributed by atoms with E-state index in [1.54, 1.807) is 32.4 Å². The van der Waals surface area contributed by atoms with Crippen molar-refractivity contribution in [3.63, 3.8) is 0 Å². The summed E-state index contributed by atoms with van der Waals surface area (Å²) in [5.74, 6) is 0.817. The van der Waals surface area contributed by atoms with Gasteiger partial charge < -0.3 is 19.1 Å². The minimum absolute atomic E-state index is 0.0875. The Kier molecular flexibility index (Phi) is 9.42. The molecule has 0 aromatic heterocycles. The van der Waals surface area contributed by atoms with Crippen LogP contribution in [0.15, 0.2) is 70.5 Å². The first-order valence-electron chi connectivity index (χ1n) is 12.9.